The van der Waals surface area contributed by atoms with Crippen molar-refractivity contribution in [3.63, 3.8) is 0 Å². The summed E-state index contributed by atoms with van der Waals surface area (Å²) in [7, 11) is 0. The van der Waals surface area contributed by atoms with Crippen molar-refractivity contribution in [3.8, 4) is 0 Å². The molecule has 0 bridgehead atoms. The molecule has 2 fully saturated rings. The first-order valence-electron chi connectivity index (χ1n) is 6.25. The predicted octanol–water partition coefficient (Wildman–Crippen LogP) is 0.487. The zero-order valence-electron chi connectivity index (χ0n) is 9.98. The van der Waals surface area contributed by atoms with Crippen LogP contribution in [0.15, 0.2) is 0 Å². The van der Waals surface area contributed by atoms with E-state index in [1.165, 1.54) is 0 Å². The lowest BCUT2D eigenvalue weighted by atomic mass is 9.85. The SMILES string of the molecule is CC1(O)CCN(C(=O)C2CCC(N)CC2)C1. The molecule has 1 amide bonds. The maximum atomic E-state index is 12.2. The molecule has 16 heavy (non-hydrogen) atoms. The highest BCUT2D eigenvalue weighted by atomic mass is 16.3. The average molecular weight is 226 g/mol. The fourth-order valence-electron chi connectivity index (χ4n) is 2.76. The zero-order chi connectivity index (χ0) is 11.8. The lowest BCUT2D eigenvalue weighted by molar-refractivity contribution is -0.136. The van der Waals surface area contributed by atoms with Gasteiger partial charge in [0.25, 0.3) is 0 Å². The predicted molar refractivity (Wildman–Crippen MR) is 61.8 cm³/mol. The Hall–Kier alpha value is -0.610. The molecule has 0 aromatic heterocycles. The van der Waals surface area contributed by atoms with Crippen molar-refractivity contribution in [1.29, 1.82) is 0 Å². The van der Waals surface area contributed by atoms with Gasteiger partial charge in [-0.15, -0.1) is 0 Å². The molecule has 1 atom stereocenters. The Labute approximate surface area is 96.8 Å². The third-order valence-electron chi connectivity index (χ3n) is 3.88. The molecule has 0 aromatic rings. The van der Waals surface area contributed by atoms with Crippen LogP contribution in [0.5, 0.6) is 0 Å². The molecule has 1 saturated carbocycles. The molecule has 1 aliphatic heterocycles. The highest BCUT2D eigenvalue weighted by Crippen LogP contribution is 2.28. The fourth-order valence-corrected chi connectivity index (χ4v) is 2.76. The summed E-state index contributed by atoms with van der Waals surface area (Å²) in [5.74, 6) is 0.373. The Kier molecular flexibility index (Phi) is 3.22. The molecule has 1 unspecified atom stereocenters. The van der Waals surface area contributed by atoms with E-state index in [9.17, 15) is 9.90 Å². The molecule has 2 aliphatic rings. The van der Waals surface area contributed by atoms with Gasteiger partial charge in [-0.25, -0.2) is 0 Å². The monoisotopic (exact) mass is 226 g/mol. The molecule has 1 saturated heterocycles. The molecule has 92 valence electrons. The topological polar surface area (TPSA) is 66.6 Å². The molecule has 1 aliphatic carbocycles. The van der Waals surface area contributed by atoms with Crippen molar-refractivity contribution >= 4 is 5.91 Å². The van der Waals surface area contributed by atoms with Crippen molar-refractivity contribution < 1.29 is 9.90 Å². The van der Waals surface area contributed by atoms with E-state index in [2.05, 4.69) is 0 Å². The highest BCUT2D eigenvalue weighted by Gasteiger charge is 2.37. The molecule has 2 rings (SSSR count). The number of rotatable bonds is 1. The van der Waals surface area contributed by atoms with Crippen molar-refractivity contribution in [3.05, 3.63) is 0 Å². The van der Waals surface area contributed by atoms with Gasteiger partial charge in [0.2, 0.25) is 5.91 Å². The van der Waals surface area contributed by atoms with Crippen molar-refractivity contribution in [2.45, 2.75) is 50.7 Å². The van der Waals surface area contributed by atoms with Crippen LogP contribution in [-0.2, 0) is 4.79 Å². The van der Waals surface area contributed by atoms with Crippen LogP contribution in [0.25, 0.3) is 0 Å². The molecule has 4 nitrogen and oxygen atoms in total. The minimum atomic E-state index is -0.680. The summed E-state index contributed by atoms with van der Waals surface area (Å²) in [6.45, 7) is 3.00. The van der Waals surface area contributed by atoms with Crippen LogP contribution in [0.2, 0.25) is 0 Å². The van der Waals surface area contributed by atoms with Crippen LogP contribution in [0, 0.1) is 5.92 Å². The summed E-state index contributed by atoms with van der Waals surface area (Å²) in [5, 5.41) is 9.84. The van der Waals surface area contributed by atoms with E-state index in [1.54, 1.807) is 6.92 Å². The Morgan fingerprint density at radius 2 is 2.00 bits per heavy atom. The van der Waals surface area contributed by atoms with E-state index in [0.29, 0.717) is 19.5 Å². The van der Waals surface area contributed by atoms with Crippen LogP contribution in [0.4, 0.5) is 0 Å². The summed E-state index contributed by atoms with van der Waals surface area (Å²) in [6.07, 6.45) is 4.45. The lowest BCUT2D eigenvalue weighted by Gasteiger charge is -2.29. The van der Waals surface area contributed by atoms with Gasteiger partial charge < -0.3 is 15.7 Å². The number of nitrogens with two attached hydrogens (primary N) is 1. The van der Waals surface area contributed by atoms with Gasteiger partial charge in [-0.1, -0.05) is 0 Å². The van der Waals surface area contributed by atoms with Gasteiger partial charge in [-0.2, -0.15) is 0 Å². The van der Waals surface area contributed by atoms with E-state index in [4.69, 9.17) is 5.73 Å². The van der Waals surface area contributed by atoms with Gasteiger partial charge in [-0.3, -0.25) is 4.79 Å². The first-order valence-corrected chi connectivity index (χ1v) is 6.25. The molecule has 1 heterocycles. The third kappa shape index (κ3) is 2.55. The molecular formula is C12H22N2O2. The number of hydrogen-bond acceptors (Lipinski definition) is 3. The highest BCUT2D eigenvalue weighted by molar-refractivity contribution is 5.79. The minimum Gasteiger partial charge on any atom is -0.388 e. The van der Waals surface area contributed by atoms with Crippen molar-refractivity contribution in [2.75, 3.05) is 13.1 Å². The summed E-state index contributed by atoms with van der Waals surface area (Å²) in [4.78, 5) is 14.0. The lowest BCUT2D eigenvalue weighted by Crippen LogP contribution is -2.40. The fraction of sp³-hybridized carbons (Fsp3) is 0.917. The molecule has 0 aromatic carbocycles. The minimum absolute atomic E-state index is 0.147. The Balaban J connectivity index is 1.89. The van der Waals surface area contributed by atoms with E-state index in [1.807, 2.05) is 4.90 Å². The smallest absolute Gasteiger partial charge is 0.225 e. The van der Waals surface area contributed by atoms with Gasteiger partial charge in [0.05, 0.1) is 5.60 Å². The summed E-state index contributed by atoms with van der Waals surface area (Å²) >= 11 is 0. The quantitative estimate of drug-likeness (QED) is 0.683. The molecule has 4 heteroatoms. The summed E-state index contributed by atoms with van der Waals surface area (Å²) in [6, 6.07) is 0.283. The second-order valence-electron chi connectivity index (χ2n) is 5.62. The number of carbonyl (C=O) groups excluding carboxylic acids is 1. The number of likely N-dealkylation sites (tertiary alicyclic amines) is 1. The van der Waals surface area contributed by atoms with E-state index in [-0.39, 0.29) is 17.9 Å². The van der Waals surface area contributed by atoms with Crippen LogP contribution in [0.3, 0.4) is 0 Å². The molecular weight excluding hydrogens is 204 g/mol. The van der Waals surface area contributed by atoms with E-state index in [0.717, 1.165) is 25.7 Å². The van der Waals surface area contributed by atoms with Gasteiger partial charge in [-0.05, 0) is 39.0 Å². The number of hydrogen-bond donors (Lipinski definition) is 2. The van der Waals surface area contributed by atoms with Crippen molar-refractivity contribution in [1.82, 2.24) is 4.90 Å². The molecule has 3 N–H and O–H groups in total. The summed E-state index contributed by atoms with van der Waals surface area (Å²) in [5.41, 5.74) is 5.15. The summed E-state index contributed by atoms with van der Waals surface area (Å²) < 4.78 is 0. The average Bonchev–Trinajstić information content (AvgIpc) is 2.59. The number of nitrogens with zero attached hydrogens (tertiary/aromatic N) is 1. The first kappa shape index (κ1) is 11.9. The third-order valence-corrected chi connectivity index (χ3v) is 3.88. The maximum Gasteiger partial charge on any atom is 0.225 e. The number of carbonyl (C=O) groups is 1. The second kappa shape index (κ2) is 4.34. The van der Waals surface area contributed by atoms with Crippen LogP contribution in [-0.4, -0.2) is 40.6 Å². The zero-order valence-corrected chi connectivity index (χ0v) is 9.98. The Bertz CT molecular complexity index is 270. The number of β-amino-alcohol motifs (C(OH)–C–C–N with tert-alkyl or cyclic N) is 1. The number of amides is 1. The van der Waals surface area contributed by atoms with E-state index < -0.39 is 5.60 Å². The second-order valence-corrected chi connectivity index (χ2v) is 5.62. The molecule has 0 radical (unpaired) electrons. The van der Waals surface area contributed by atoms with Crippen molar-refractivity contribution in [2.24, 2.45) is 11.7 Å². The van der Waals surface area contributed by atoms with Gasteiger partial charge in [0, 0.05) is 25.0 Å². The van der Waals surface area contributed by atoms with Gasteiger partial charge in [0.15, 0.2) is 0 Å². The van der Waals surface area contributed by atoms with Crippen LogP contribution < -0.4 is 5.73 Å². The van der Waals surface area contributed by atoms with Gasteiger partial charge >= 0.3 is 0 Å². The van der Waals surface area contributed by atoms with E-state index >= 15 is 0 Å². The van der Waals surface area contributed by atoms with Gasteiger partial charge in [0.1, 0.15) is 0 Å². The Morgan fingerprint density at radius 1 is 1.38 bits per heavy atom. The standard InChI is InChI=1S/C12H22N2O2/c1-12(16)6-7-14(8-12)11(15)9-2-4-10(13)5-3-9/h9-10,16H,2-8,13H2,1H3. The largest absolute Gasteiger partial charge is 0.388 e. The normalized spacial score (nSPS) is 40.1. The molecule has 0 spiro atoms. The first-order chi connectivity index (χ1) is 7.48. The Morgan fingerprint density at radius 3 is 2.50 bits per heavy atom. The maximum absolute atomic E-state index is 12.2. The van der Waals surface area contributed by atoms with Crippen LogP contribution in [0.1, 0.15) is 39.0 Å². The van der Waals surface area contributed by atoms with Crippen LogP contribution >= 0.6 is 0 Å². The number of aliphatic hydroxyl groups is 1.